The van der Waals surface area contributed by atoms with E-state index in [1.165, 1.54) is 0 Å². The van der Waals surface area contributed by atoms with E-state index in [1.807, 2.05) is 48.5 Å². The highest BCUT2D eigenvalue weighted by Gasteiger charge is 2.20. The summed E-state index contributed by atoms with van der Waals surface area (Å²) in [7, 11) is 1.64. The lowest BCUT2D eigenvalue weighted by molar-refractivity contribution is 0.0260. The third kappa shape index (κ3) is 5.44. The first-order valence-corrected chi connectivity index (χ1v) is 6.62. The summed E-state index contributed by atoms with van der Waals surface area (Å²) in [5.74, 6) is 0. The standard InChI is InChI=1S/C16H20N2O2.ClH/c1-19-16(15-9-5-6-10-18-15)14(17)12-20-11-13-7-3-2-4-8-13;/h2-10,14,16H,11-12,17H2,1H3;1H/t14-,16?;/m0./s1. The molecule has 0 spiro atoms. The number of rotatable bonds is 7. The second-order valence-corrected chi connectivity index (χ2v) is 4.58. The SMILES string of the molecule is COC(c1ccccn1)[C@@H](N)COCc1ccccc1.Cl. The average molecular weight is 309 g/mol. The number of hydrogen-bond acceptors (Lipinski definition) is 4. The maximum atomic E-state index is 6.13. The Bertz CT molecular complexity index is 496. The minimum Gasteiger partial charge on any atom is -0.375 e. The summed E-state index contributed by atoms with van der Waals surface area (Å²) in [4.78, 5) is 4.28. The Morgan fingerprint density at radius 2 is 1.81 bits per heavy atom. The summed E-state index contributed by atoms with van der Waals surface area (Å²) >= 11 is 0. The minimum absolute atomic E-state index is 0. The van der Waals surface area contributed by atoms with Crippen LogP contribution in [0.25, 0.3) is 0 Å². The van der Waals surface area contributed by atoms with Gasteiger partial charge < -0.3 is 15.2 Å². The number of benzene rings is 1. The van der Waals surface area contributed by atoms with Crippen LogP contribution in [0.2, 0.25) is 0 Å². The van der Waals surface area contributed by atoms with Gasteiger partial charge in [0.15, 0.2) is 0 Å². The molecule has 2 atom stereocenters. The number of halogens is 1. The van der Waals surface area contributed by atoms with Gasteiger partial charge in [-0.05, 0) is 17.7 Å². The van der Waals surface area contributed by atoms with E-state index in [2.05, 4.69) is 4.98 Å². The lowest BCUT2D eigenvalue weighted by Crippen LogP contribution is -2.34. The predicted octanol–water partition coefficient (Wildman–Crippen LogP) is 2.74. The van der Waals surface area contributed by atoms with Gasteiger partial charge in [-0.2, -0.15) is 0 Å². The van der Waals surface area contributed by atoms with Crippen LogP contribution in [-0.2, 0) is 16.1 Å². The molecule has 2 N–H and O–H groups in total. The second-order valence-electron chi connectivity index (χ2n) is 4.58. The fourth-order valence-electron chi connectivity index (χ4n) is 2.03. The number of nitrogens with zero attached hydrogens (tertiary/aromatic N) is 1. The van der Waals surface area contributed by atoms with E-state index < -0.39 is 0 Å². The van der Waals surface area contributed by atoms with Gasteiger partial charge in [0.2, 0.25) is 0 Å². The van der Waals surface area contributed by atoms with Crippen LogP contribution in [0.4, 0.5) is 0 Å². The van der Waals surface area contributed by atoms with Crippen LogP contribution in [-0.4, -0.2) is 24.7 Å². The Balaban J connectivity index is 0.00000220. The molecule has 2 rings (SSSR count). The molecule has 0 aliphatic carbocycles. The van der Waals surface area contributed by atoms with Crippen LogP contribution in [0, 0.1) is 0 Å². The highest BCUT2D eigenvalue weighted by molar-refractivity contribution is 5.85. The second kappa shape index (κ2) is 9.47. The number of pyridine rings is 1. The molecule has 114 valence electrons. The van der Waals surface area contributed by atoms with E-state index in [9.17, 15) is 0 Å². The van der Waals surface area contributed by atoms with Crippen LogP contribution in [0.15, 0.2) is 54.7 Å². The normalized spacial score (nSPS) is 13.2. The quantitative estimate of drug-likeness (QED) is 0.854. The zero-order valence-corrected chi connectivity index (χ0v) is 12.8. The van der Waals surface area contributed by atoms with Gasteiger partial charge >= 0.3 is 0 Å². The number of nitrogens with two attached hydrogens (primary N) is 1. The zero-order valence-electron chi connectivity index (χ0n) is 12.0. The molecular weight excluding hydrogens is 288 g/mol. The highest BCUT2D eigenvalue weighted by atomic mass is 35.5. The molecule has 1 aromatic heterocycles. The van der Waals surface area contributed by atoms with Crippen LogP contribution in [0.1, 0.15) is 17.4 Å². The third-order valence-corrected chi connectivity index (χ3v) is 3.04. The van der Waals surface area contributed by atoms with Crippen molar-refractivity contribution in [3.63, 3.8) is 0 Å². The molecule has 0 saturated heterocycles. The van der Waals surface area contributed by atoms with E-state index in [1.54, 1.807) is 13.3 Å². The maximum Gasteiger partial charge on any atom is 0.116 e. The fourth-order valence-corrected chi connectivity index (χ4v) is 2.03. The van der Waals surface area contributed by atoms with Crippen LogP contribution in [0.5, 0.6) is 0 Å². The molecule has 0 aliphatic rings. The lowest BCUT2D eigenvalue weighted by Gasteiger charge is -2.22. The molecule has 0 amide bonds. The molecule has 1 heterocycles. The van der Waals surface area contributed by atoms with E-state index in [0.29, 0.717) is 13.2 Å². The minimum atomic E-state index is -0.257. The van der Waals surface area contributed by atoms with Crippen molar-refractivity contribution in [2.24, 2.45) is 5.73 Å². The zero-order chi connectivity index (χ0) is 14.2. The van der Waals surface area contributed by atoms with E-state index in [4.69, 9.17) is 15.2 Å². The number of ether oxygens (including phenoxy) is 2. The van der Waals surface area contributed by atoms with Gasteiger partial charge in [-0.25, -0.2) is 0 Å². The Morgan fingerprint density at radius 1 is 1.10 bits per heavy atom. The number of methoxy groups -OCH3 is 1. The van der Waals surface area contributed by atoms with Gasteiger partial charge in [-0.15, -0.1) is 12.4 Å². The largest absolute Gasteiger partial charge is 0.375 e. The highest BCUT2D eigenvalue weighted by Crippen LogP contribution is 2.17. The van der Waals surface area contributed by atoms with Crippen molar-refractivity contribution in [2.45, 2.75) is 18.8 Å². The summed E-state index contributed by atoms with van der Waals surface area (Å²) in [6, 6.07) is 15.5. The molecular formula is C16H21ClN2O2. The Kier molecular flexibility index (Phi) is 7.93. The smallest absolute Gasteiger partial charge is 0.116 e. The summed E-state index contributed by atoms with van der Waals surface area (Å²) in [5, 5.41) is 0. The Hall–Kier alpha value is -1.46. The first-order valence-electron chi connectivity index (χ1n) is 6.62. The molecule has 1 aromatic carbocycles. The first kappa shape index (κ1) is 17.6. The van der Waals surface area contributed by atoms with Crippen molar-refractivity contribution in [1.29, 1.82) is 0 Å². The van der Waals surface area contributed by atoms with Crippen molar-refractivity contribution in [2.75, 3.05) is 13.7 Å². The van der Waals surface area contributed by atoms with Crippen LogP contribution < -0.4 is 5.73 Å². The molecule has 21 heavy (non-hydrogen) atoms. The van der Waals surface area contributed by atoms with Crippen molar-refractivity contribution in [3.8, 4) is 0 Å². The molecule has 0 aliphatic heterocycles. The Labute approximate surface area is 131 Å². The summed E-state index contributed by atoms with van der Waals surface area (Å²) in [6.45, 7) is 0.969. The topological polar surface area (TPSA) is 57.4 Å². The van der Waals surface area contributed by atoms with Gasteiger partial charge in [0.25, 0.3) is 0 Å². The Morgan fingerprint density at radius 3 is 2.43 bits per heavy atom. The molecule has 1 unspecified atom stereocenters. The monoisotopic (exact) mass is 308 g/mol. The van der Waals surface area contributed by atoms with Crippen LogP contribution in [0.3, 0.4) is 0 Å². The molecule has 0 fully saturated rings. The number of aromatic nitrogens is 1. The van der Waals surface area contributed by atoms with Gasteiger partial charge in [0, 0.05) is 13.3 Å². The van der Waals surface area contributed by atoms with Crippen molar-refractivity contribution in [3.05, 3.63) is 66.0 Å². The van der Waals surface area contributed by atoms with Crippen molar-refractivity contribution >= 4 is 12.4 Å². The third-order valence-electron chi connectivity index (χ3n) is 3.04. The number of hydrogen-bond donors (Lipinski definition) is 1. The fraction of sp³-hybridized carbons (Fsp3) is 0.312. The molecule has 4 nitrogen and oxygen atoms in total. The first-order chi connectivity index (χ1) is 9.81. The van der Waals surface area contributed by atoms with Crippen molar-refractivity contribution in [1.82, 2.24) is 4.98 Å². The predicted molar refractivity (Wildman–Crippen MR) is 85.3 cm³/mol. The van der Waals surface area contributed by atoms with Gasteiger partial charge in [-0.1, -0.05) is 36.4 Å². The van der Waals surface area contributed by atoms with E-state index in [0.717, 1.165) is 11.3 Å². The van der Waals surface area contributed by atoms with E-state index in [-0.39, 0.29) is 24.6 Å². The van der Waals surface area contributed by atoms with Crippen molar-refractivity contribution < 1.29 is 9.47 Å². The molecule has 2 aromatic rings. The summed E-state index contributed by atoms with van der Waals surface area (Å²) in [5.41, 5.74) is 8.09. The molecule has 0 bridgehead atoms. The molecule has 5 heteroatoms. The summed E-state index contributed by atoms with van der Waals surface area (Å²) in [6.07, 6.45) is 1.48. The van der Waals surface area contributed by atoms with Crippen LogP contribution >= 0.6 is 12.4 Å². The molecule has 0 saturated carbocycles. The average Bonchev–Trinajstić information content (AvgIpc) is 2.50. The maximum absolute atomic E-state index is 6.13. The molecule has 0 radical (unpaired) electrons. The van der Waals surface area contributed by atoms with E-state index >= 15 is 0 Å². The van der Waals surface area contributed by atoms with Gasteiger partial charge in [-0.3, -0.25) is 4.98 Å². The lowest BCUT2D eigenvalue weighted by atomic mass is 10.1. The summed E-state index contributed by atoms with van der Waals surface area (Å²) < 4.78 is 11.1. The van der Waals surface area contributed by atoms with Gasteiger partial charge in [0.05, 0.1) is 24.9 Å². The van der Waals surface area contributed by atoms with Gasteiger partial charge in [0.1, 0.15) is 6.10 Å².